The van der Waals surface area contributed by atoms with Gasteiger partial charge in [-0.3, -0.25) is 9.59 Å². The molecule has 0 heterocycles. The molecule has 0 radical (unpaired) electrons. The average Bonchev–Trinajstić information content (AvgIpc) is 2.93. The van der Waals surface area contributed by atoms with E-state index in [2.05, 4.69) is 26.0 Å². The van der Waals surface area contributed by atoms with Gasteiger partial charge >= 0.3 is 11.9 Å². The van der Waals surface area contributed by atoms with Crippen LogP contribution in [0.2, 0.25) is 0 Å². The summed E-state index contributed by atoms with van der Waals surface area (Å²) in [6, 6.07) is 0. The van der Waals surface area contributed by atoms with Gasteiger partial charge < -0.3 is 9.84 Å². The topological polar surface area (TPSA) is 63.6 Å². The largest absolute Gasteiger partial charge is 0.481 e. The lowest BCUT2D eigenvalue weighted by Gasteiger charge is -2.18. The molecule has 0 aliphatic carbocycles. The van der Waals surface area contributed by atoms with Crippen LogP contribution in [-0.4, -0.2) is 23.1 Å². The van der Waals surface area contributed by atoms with Crippen LogP contribution in [0, 0.1) is 0 Å². The summed E-state index contributed by atoms with van der Waals surface area (Å²) in [7, 11) is 0. The van der Waals surface area contributed by atoms with Crippen molar-refractivity contribution in [1.82, 2.24) is 0 Å². The first-order valence-electron chi connectivity index (χ1n) is 17.7. The first-order valence-corrected chi connectivity index (χ1v) is 17.7. The molecule has 1 atom stereocenters. The number of carbonyl (C=O) groups is 2. The summed E-state index contributed by atoms with van der Waals surface area (Å²) in [6.07, 6.45) is 37.9. The fourth-order valence-corrected chi connectivity index (χ4v) is 5.36. The quantitative estimate of drug-likeness (QED) is 0.0501. The highest BCUT2D eigenvalue weighted by Gasteiger charge is 2.14. The van der Waals surface area contributed by atoms with Gasteiger partial charge in [-0.1, -0.05) is 142 Å². The number of allylic oxidation sites excluding steroid dienone is 2. The molecular weight excluding hydrogens is 496 g/mol. The van der Waals surface area contributed by atoms with Crippen molar-refractivity contribution in [2.75, 3.05) is 0 Å². The number of carboxylic acids is 1. The molecule has 0 bridgehead atoms. The van der Waals surface area contributed by atoms with Gasteiger partial charge in [0.05, 0.1) is 0 Å². The predicted octanol–water partition coefficient (Wildman–Crippen LogP) is 11.9. The molecule has 0 spiro atoms. The van der Waals surface area contributed by atoms with Crippen LogP contribution in [-0.2, 0) is 14.3 Å². The normalized spacial score (nSPS) is 12.2. The van der Waals surface area contributed by atoms with E-state index in [0.29, 0.717) is 6.42 Å². The maximum atomic E-state index is 12.6. The first-order chi connectivity index (χ1) is 19.6. The van der Waals surface area contributed by atoms with E-state index in [-0.39, 0.29) is 18.5 Å². The van der Waals surface area contributed by atoms with Gasteiger partial charge in [-0.05, 0) is 57.8 Å². The third-order valence-electron chi connectivity index (χ3n) is 7.99. The summed E-state index contributed by atoms with van der Waals surface area (Å²) in [6.45, 7) is 4.53. The lowest BCUT2D eigenvalue weighted by Crippen LogP contribution is -2.18. The van der Waals surface area contributed by atoms with Gasteiger partial charge in [0.25, 0.3) is 0 Å². The number of carboxylic acid groups (broad SMARTS) is 1. The number of hydrogen-bond donors (Lipinski definition) is 1. The Morgan fingerprint density at radius 2 is 0.925 bits per heavy atom. The van der Waals surface area contributed by atoms with Gasteiger partial charge in [-0.2, -0.15) is 0 Å². The molecule has 0 saturated heterocycles. The molecule has 1 N–H and O–H groups in total. The zero-order valence-electron chi connectivity index (χ0n) is 26.9. The molecule has 0 amide bonds. The number of ether oxygens (including phenoxy) is 1. The third kappa shape index (κ3) is 31.2. The lowest BCUT2D eigenvalue weighted by molar-refractivity contribution is -0.150. The highest BCUT2D eigenvalue weighted by atomic mass is 16.5. The van der Waals surface area contributed by atoms with Crippen LogP contribution >= 0.6 is 0 Å². The zero-order valence-corrected chi connectivity index (χ0v) is 26.9. The smallest absolute Gasteiger partial charge is 0.306 e. The maximum absolute atomic E-state index is 12.6. The van der Waals surface area contributed by atoms with E-state index in [1.165, 1.54) is 103 Å². The Bertz CT molecular complexity index is 571. The number of unbranched alkanes of at least 4 members (excludes halogenated alkanes) is 21. The molecule has 4 nitrogen and oxygen atoms in total. The Morgan fingerprint density at radius 1 is 0.525 bits per heavy atom. The number of hydrogen-bond acceptors (Lipinski definition) is 3. The minimum absolute atomic E-state index is 0.0130. The van der Waals surface area contributed by atoms with Crippen LogP contribution in [0.25, 0.3) is 0 Å². The second-order valence-corrected chi connectivity index (χ2v) is 12.1. The van der Waals surface area contributed by atoms with Crippen LogP contribution in [0.15, 0.2) is 12.2 Å². The van der Waals surface area contributed by atoms with Crippen molar-refractivity contribution < 1.29 is 19.4 Å². The number of carbonyl (C=O) groups excluding carboxylic acids is 1. The van der Waals surface area contributed by atoms with Crippen molar-refractivity contribution >= 4 is 11.9 Å². The molecular formula is C36H68O4. The Balaban J connectivity index is 4.10. The van der Waals surface area contributed by atoms with Gasteiger partial charge in [-0.15, -0.1) is 0 Å². The molecule has 0 aliphatic rings. The molecule has 0 rings (SSSR count). The predicted molar refractivity (Wildman–Crippen MR) is 172 cm³/mol. The van der Waals surface area contributed by atoms with Crippen molar-refractivity contribution in [3.8, 4) is 0 Å². The Kier molecular flexibility index (Phi) is 31.1. The lowest BCUT2D eigenvalue weighted by atomic mass is 10.0. The number of aliphatic carboxylic acids is 1. The van der Waals surface area contributed by atoms with Gasteiger partial charge in [-0.25, -0.2) is 0 Å². The highest BCUT2D eigenvalue weighted by Crippen LogP contribution is 2.18. The van der Waals surface area contributed by atoms with Gasteiger partial charge in [0.2, 0.25) is 0 Å². The standard InChI is InChI=1S/C36H68O4/c1-3-5-7-9-11-13-15-17-19-22-26-30-34(31-27-23-21-24-28-32-35(37)38)40-36(39)33-29-25-20-18-16-14-12-10-8-6-4-2/h17,19,34H,3-16,18,20-33H2,1-2H3,(H,37,38)/b19-17-. The second kappa shape index (κ2) is 32.2. The molecule has 236 valence electrons. The summed E-state index contributed by atoms with van der Waals surface area (Å²) in [5.74, 6) is -0.716. The van der Waals surface area contributed by atoms with Crippen LogP contribution in [0.1, 0.15) is 200 Å². The van der Waals surface area contributed by atoms with Crippen molar-refractivity contribution in [3.63, 3.8) is 0 Å². The summed E-state index contributed by atoms with van der Waals surface area (Å²) < 4.78 is 5.95. The first kappa shape index (κ1) is 38.7. The highest BCUT2D eigenvalue weighted by molar-refractivity contribution is 5.69. The van der Waals surface area contributed by atoms with Crippen molar-refractivity contribution in [1.29, 1.82) is 0 Å². The molecule has 4 heteroatoms. The third-order valence-corrected chi connectivity index (χ3v) is 7.99. The Labute approximate surface area is 249 Å². The van der Waals surface area contributed by atoms with E-state index >= 15 is 0 Å². The fraction of sp³-hybridized carbons (Fsp3) is 0.889. The number of rotatable bonds is 32. The monoisotopic (exact) mass is 565 g/mol. The van der Waals surface area contributed by atoms with Gasteiger partial charge in [0.15, 0.2) is 0 Å². The SMILES string of the molecule is CCCCCCCC/C=C\CCCC(CCCCCCCC(=O)O)OC(=O)CCCCCCCCCCCCC. The molecule has 0 saturated carbocycles. The minimum atomic E-state index is -0.703. The molecule has 0 aromatic heterocycles. The van der Waals surface area contributed by atoms with Crippen molar-refractivity contribution in [3.05, 3.63) is 12.2 Å². The average molecular weight is 565 g/mol. The van der Waals surface area contributed by atoms with E-state index in [1.807, 2.05) is 0 Å². The van der Waals surface area contributed by atoms with E-state index < -0.39 is 5.97 Å². The molecule has 1 unspecified atom stereocenters. The summed E-state index contributed by atoms with van der Waals surface area (Å²) >= 11 is 0. The summed E-state index contributed by atoms with van der Waals surface area (Å²) in [5.41, 5.74) is 0. The van der Waals surface area contributed by atoms with Crippen molar-refractivity contribution in [2.24, 2.45) is 0 Å². The molecule has 0 aromatic rings. The van der Waals surface area contributed by atoms with Crippen LogP contribution in [0.3, 0.4) is 0 Å². The van der Waals surface area contributed by atoms with Crippen LogP contribution in [0.4, 0.5) is 0 Å². The summed E-state index contributed by atoms with van der Waals surface area (Å²) in [5, 5.41) is 8.78. The minimum Gasteiger partial charge on any atom is -0.481 e. The van der Waals surface area contributed by atoms with Crippen molar-refractivity contribution in [2.45, 2.75) is 206 Å². The maximum Gasteiger partial charge on any atom is 0.306 e. The van der Waals surface area contributed by atoms with E-state index in [1.54, 1.807) is 0 Å². The van der Waals surface area contributed by atoms with Crippen LogP contribution < -0.4 is 0 Å². The number of esters is 1. The fourth-order valence-electron chi connectivity index (χ4n) is 5.36. The zero-order chi connectivity index (χ0) is 29.4. The van der Waals surface area contributed by atoms with E-state index in [4.69, 9.17) is 9.84 Å². The Hall–Kier alpha value is -1.32. The van der Waals surface area contributed by atoms with Crippen LogP contribution in [0.5, 0.6) is 0 Å². The molecule has 0 aromatic carbocycles. The van der Waals surface area contributed by atoms with Gasteiger partial charge in [0.1, 0.15) is 6.10 Å². The summed E-state index contributed by atoms with van der Waals surface area (Å²) in [4.78, 5) is 23.2. The second-order valence-electron chi connectivity index (χ2n) is 12.1. The molecule has 0 aliphatic heterocycles. The van der Waals surface area contributed by atoms with E-state index in [0.717, 1.165) is 70.6 Å². The molecule has 0 fully saturated rings. The Morgan fingerprint density at radius 3 is 1.45 bits per heavy atom. The van der Waals surface area contributed by atoms with E-state index in [9.17, 15) is 9.59 Å². The molecule has 40 heavy (non-hydrogen) atoms. The van der Waals surface area contributed by atoms with Gasteiger partial charge in [0, 0.05) is 12.8 Å².